The van der Waals surface area contributed by atoms with Crippen molar-refractivity contribution in [1.29, 1.82) is 0 Å². The highest BCUT2D eigenvalue weighted by molar-refractivity contribution is 7.71. The molecule has 0 aliphatic heterocycles. The number of H-pyrrole nitrogens is 1. The van der Waals surface area contributed by atoms with Crippen LogP contribution in [0, 0.1) is 11.7 Å². The molecule has 0 radical (unpaired) electrons. The minimum absolute atomic E-state index is 0.0426. The van der Waals surface area contributed by atoms with Crippen molar-refractivity contribution in [3.8, 4) is 0 Å². The summed E-state index contributed by atoms with van der Waals surface area (Å²) >= 11 is 5.36. The highest BCUT2D eigenvalue weighted by Gasteiger charge is 2.27. The van der Waals surface area contributed by atoms with Gasteiger partial charge in [-0.15, -0.1) is 0 Å². The minimum atomic E-state index is -0.288. The molecular formula is C14H17N3OS. The van der Waals surface area contributed by atoms with Gasteiger partial charge in [0.25, 0.3) is 0 Å². The van der Waals surface area contributed by atoms with Gasteiger partial charge < -0.3 is 14.9 Å². The average molecular weight is 275 g/mol. The standard InChI is InChI=1S/C14H17N3OS/c1-8-4-3-5-11-12(8)16-14(19)17(11)9(2)13(18)15-10-6-7-10/h3-5,9-10H,6-7H2,1-2H3,(H,15,18)(H,16,19). The molecule has 0 bridgehead atoms. The van der Waals surface area contributed by atoms with Crippen molar-refractivity contribution in [3.63, 3.8) is 0 Å². The zero-order valence-electron chi connectivity index (χ0n) is 11.1. The number of carbonyl (C=O) groups is 1. The van der Waals surface area contributed by atoms with Crippen LogP contribution in [0.25, 0.3) is 11.0 Å². The molecule has 1 aromatic carbocycles. The maximum atomic E-state index is 12.2. The van der Waals surface area contributed by atoms with E-state index in [2.05, 4.69) is 10.3 Å². The summed E-state index contributed by atoms with van der Waals surface area (Å²) in [4.78, 5) is 15.4. The number of nitrogens with zero attached hydrogens (tertiary/aromatic N) is 1. The number of hydrogen-bond acceptors (Lipinski definition) is 2. The van der Waals surface area contributed by atoms with Gasteiger partial charge >= 0.3 is 0 Å². The van der Waals surface area contributed by atoms with E-state index in [0.717, 1.165) is 29.4 Å². The SMILES string of the molecule is Cc1cccc2c1[nH]c(=S)n2C(C)C(=O)NC1CC1. The molecule has 0 saturated heterocycles. The van der Waals surface area contributed by atoms with Crippen LogP contribution in [0.4, 0.5) is 0 Å². The van der Waals surface area contributed by atoms with Gasteiger partial charge in [-0.05, 0) is 50.5 Å². The van der Waals surface area contributed by atoms with Gasteiger partial charge in [0.15, 0.2) is 4.77 Å². The maximum Gasteiger partial charge on any atom is 0.243 e. The molecule has 1 aliphatic carbocycles. The summed E-state index contributed by atoms with van der Waals surface area (Å²) < 4.78 is 2.50. The zero-order chi connectivity index (χ0) is 13.6. The summed E-state index contributed by atoms with van der Waals surface area (Å²) in [6, 6.07) is 6.10. The van der Waals surface area contributed by atoms with Crippen molar-refractivity contribution >= 4 is 29.2 Å². The average Bonchev–Trinajstić information content (AvgIpc) is 3.10. The lowest BCUT2D eigenvalue weighted by Gasteiger charge is -2.14. The Balaban J connectivity index is 2.03. The Morgan fingerprint density at radius 3 is 2.95 bits per heavy atom. The molecule has 100 valence electrons. The largest absolute Gasteiger partial charge is 0.352 e. The van der Waals surface area contributed by atoms with Crippen LogP contribution in [-0.4, -0.2) is 21.5 Å². The Morgan fingerprint density at radius 1 is 1.53 bits per heavy atom. The number of benzene rings is 1. The van der Waals surface area contributed by atoms with Crippen LogP contribution in [0.15, 0.2) is 18.2 Å². The van der Waals surface area contributed by atoms with Crippen LogP contribution in [0.2, 0.25) is 0 Å². The van der Waals surface area contributed by atoms with Crippen molar-refractivity contribution in [2.75, 3.05) is 0 Å². The molecule has 0 spiro atoms. The molecule has 19 heavy (non-hydrogen) atoms. The number of rotatable bonds is 3. The number of amides is 1. The number of aromatic amines is 1. The van der Waals surface area contributed by atoms with Gasteiger partial charge in [0, 0.05) is 6.04 Å². The molecule has 1 unspecified atom stereocenters. The molecule has 2 N–H and O–H groups in total. The van der Waals surface area contributed by atoms with Gasteiger partial charge in [-0.2, -0.15) is 0 Å². The van der Waals surface area contributed by atoms with E-state index in [-0.39, 0.29) is 11.9 Å². The Morgan fingerprint density at radius 2 is 2.26 bits per heavy atom. The summed E-state index contributed by atoms with van der Waals surface area (Å²) in [5.41, 5.74) is 3.14. The van der Waals surface area contributed by atoms with Crippen LogP contribution in [0.3, 0.4) is 0 Å². The lowest BCUT2D eigenvalue weighted by Crippen LogP contribution is -2.32. The van der Waals surface area contributed by atoms with Crippen molar-refractivity contribution < 1.29 is 4.79 Å². The number of aryl methyl sites for hydroxylation is 1. The van der Waals surface area contributed by atoms with Gasteiger partial charge in [-0.25, -0.2) is 0 Å². The molecule has 3 rings (SSSR count). The summed E-state index contributed by atoms with van der Waals surface area (Å²) in [6.07, 6.45) is 2.19. The quantitative estimate of drug-likeness (QED) is 0.846. The number of carbonyl (C=O) groups excluding carboxylic acids is 1. The number of nitrogens with one attached hydrogen (secondary N) is 2. The second-order valence-electron chi connectivity index (χ2n) is 5.23. The fraction of sp³-hybridized carbons (Fsp3) is 0.429. The number of hydrogen-bond donors (Lipinski definition) is 2. The lowest BCUT2D eigenvalue weighted by molar-refractivity contribution is -0.123. The monoisotopic (exact) mass is 275 g/mol. The zero-order valence-corrected chi connectivity index (χ0v) is 11.9. The Kier molecular flexibility index (Phi) is 2.93. The maximum absolute atomic E-state index is 12.2. The van der Waals surface area contributed by atoms with Crippen molar-refractivity contribution in [1.82, 2.24) is 14.9 Å². The third-order valence-corrected chi connectivity index (χ3v) is 3.95. The fourth-order valence-corrected chi connectivity index (χ4v) is 2.70. The molecule has 1 aliphatic rings. The lowest BCUT2D eigenvalue weighted by atomic mass is 10.2. The van der Waals surface area contributed by atoms with Crippen LogP contribution in [0.1, 0.15) is 31.4 Å². The van der Waals surface area contributed by atoms with E-state index in [9.17, 15) is 4.79 Å². The molecule has 1 fully saturated rings. The fourth-order valence-electron chi connectivity index (χ4n) is 2.34. The summed E-state index contributed by atoms with van der Waals surface area (Å²) in [6.45, 7) is 3.93. The molecule has 1 saturated carbocycles. The van der Waals surface area contributed by atoms with E-state index in [1.807, 2.05) is 36.6 Å². The van der Waals surface area contributed by atoms with E-state index < -0.39 is 0 Å². The molecule has 4 nitrogen and oxygen atoms in total. The predicted molar refractivity (Wildman–Crippen MR) is 77.7 cm³/mol. The molecule has 1 atom stereocenters. The van der Waals surface area contributed by atoms with Gasteiger partial charge in [-0.1, -0.05) is 12.1 Å². The molecule has 1 aromatic heterocycles. The summed E-state index contributed by atoms with van der Waals surface area (Å²) in [7, 11) is 0. The summed E-state index contributed by atoms with van der Waals surface area (Å²) in [5, 5.41) is 3.03. The highest BCUT2D eigenvalue weighted by Crippen LogP contribution is 2.24. The van der Waals surface area contributed by atoms with E-state index in [1.54, 1.807) is 0 Å². The number of fused-ring (bicyclic) bond motifs is 1. The van der Waals surface area contributed by atoms with Crippen molar-refractivity contribution in [2.45, 2.75) is 38.8 Å². The predicted octanol–water partition coefficient (Wildman–Crippen LogP) is 2.85. The normalized spacial score (nSPS) is 16.5. The van der Waals surface area contributed by atoms with Crippen LogP contribution in [-0.2, 0) is 4.79 Å². The van der Waals surface area contributed by atoms with E-state index >= 15 is 0 Å². The summed E-state index contributed by atoms with van der Waals surface area (Å²) in [5.74, 6) is 0.0426. The number of imidazole rings is 1. The van der Waals surface area contributed by atoms with Gasteiger partial charge in [-0.3, -0.25) is 4.79 Å². The molecule has 2 aromatic rings. The topological polar surface area (TPSA) is 49.8 Å². The van der Waals surface area contributed by atoms with E-state index in [4.69, 9.17) is 12.2 Å². The van der Waals surface area contributed by atoms with Gasteiger partial charge in [0.1, 0.15) is 6.04 Å². The first kappa shape index (κ1) is 12.4. The van der Waals surface area contributed by atoms with Crippen LogP contribution in [0.5, 0.6) is 0 Å². The number of para-hydroxylation sites is 1. The number of aromatic nitrogens is 2. The van der Waals surface area contributed by atoms with Crippen molar-refractivity contribution in [3.05, 3.63) is 28.5 Å². The van der Waals surface area contributed by atoms with Crippen LogP contribution >= 0.6 is 12.2 Å². The molecular weight excluding hydrogens is 258 g/mol. The van der Waals surface area contributed by atoms with Gasteiger partial charge in [0.05, 0.1) is 11.0 Å². The Labute approximate surface area is 116 Å². The van der Waals surface area contributed by atoms with Gasteiger partial charge in [0.2, 0.25) is 5.91 Å². The Bertz CT molecular complexity index is 696. The second kappa shape index (κ2) is 4.49. The smallest absolute Gasteiger partial charge is 0.243 e. The van der Waals surface area contributed by atoms with Crippen LogP contribution < -0.4 is 5.32 Å². The van der Waals surface area contributed by atoms with E-state index in [0.29, 0.717) is 10.8 Å². The van der Waals surface area contributed by atoms with E-state index in [1.165, 1.54) is 0 Å². The minimum Gasteiger partial charge on any atom is -0.352 e. The first-order valence-corrected chi connectivity index (χ1v) is 6.99. The second-order valence-corrected chi connectivity index (χ2v) is 5.61. The molecule has 1 amide bonds. The Hall–Kier alpha value is -1.62. The third-order valence-electron chi connectivity index (χ3n) is 3.65. The first-order valence-electron chi connectivity index (χ1n) is 6.58. The highest BCUT2D eigenvalue weighted by atomic mass is 32.1. The molecule has 5 heteroatoms. The van der Waals surface area contributed by atoms with Crippen molar-refractivity contribution in [2.24, 2.45) is 0 Å². The first-order chi connectivity index (χ1) is 9.08. The molecule has 1 heterocycles. The third kappa shape index (κ3) is 2.18.